The smallest absolute Gasteiger partial charge is 0.0227 e. The lowest BCUT2D eigenvalue weighted by atomic mass is 9.96. The van der Waals surface area contributed by atoms with E-state index in [1.807, 2.05) is 0 Å². The topological polar surface area (TPSA) is 3.24 Å². The van der Waals surface area contributed by atoms with Crippen molar-refractivity contribution >= 4 is 0 Å². The predicted molar refractivity (Wildman–Crippen MR) is 59.9 cm³/mol. The standard InChI is InChI=1S/C13H21N/c1-11(2)3-4-12-7-9-14(10-8-12)13-5-6-13/h11-13H,5-10H2,1-2H3. The summed E-state index contributed by atoms with van der Waals surface area (Å²) in [5.74, 6) is 7.96. The van der Waals surface area contributed by atoms with Crippen LogP contribution >= 0.6 is 0 Å². The van der Waals surface area contributed by atoms with Crippen LogP contribution in [0, 0.1) is 23.7 Å². The molecule has 0 N–H and O–H groups in total. The molecular formula is C13H21N. The molecule has 1 aliphatic carbocycles. The van der Waals surface area contributed by atoms with Gasteiger partial charge in [-0.05, 0) is 38.8 Å². The Hall–Kier alpha value is -0.480. The Balaban J connectivity index is 1.75. The summed E-state index contributed by atoms with van der Waals surface area (Å²) in [5.41, 5.74) is 0. The molecule has 14 heavy (non-hydrogen) atoms. The number of piperidine rings is 1. The molecule has 0 aromatic rings. The molecule has 1 heteroatoms. The fraction of sp³-hybridized carbons (Fsp3) is 0.846. The van der Waals surface area contributed by atoms with Crippen molar-refractivity contribution < 1.29 is 0 Å². The summed E-state index contributed by atoms with van der Waals surface area (Å²) < 4.78 is 0. The largest absolute Gasteiger partial charge is 0.300 e. The Morgan fingerprint density at radius 2 is 1.71 bits per heavy atom. The van der Waals surface area contributed by atoms with Crippen molar-refractivity contribution in [1.29, 1.82) is 0 Å². The van der Waals surface area contributed by atoms with Gasteiger partial charge in [-0.3, -0.25) is 0 Å². The molecule has 2 fully saturated rings. The third-order valence-electron chi connectivity index (χ3n) is 3.17. The van der Waals surface area contributed by atoms with Gasteiger partial charge in [0.15, 0.2) is 0 Å². The minimum absolute atomic E-state index is 0.538. The van der Waals surface area contributed by atoms with Crippen LogP contribution in [-0.2, 0) is 0 Å². The number of rotatable bonds is 1. The minimum Gasteiger partial charge on any atom is -0.300 e. The summed E-state index contributed by atoms with van der Waals surface area (Å²) in [4.78, 5) is 2.66. The summed E-state index contributed by atoms with van der Waals surface area (Å²) >= 11 is 0. The zero-order chi connectivity index (χ0) is 9.97. The maximum atomic E-state index is 3.42. The van der Waals surface area contributed by atoms with Crippen LogP contribution in [0.3, 0.4) is 0 Å². The molecule has 2 rings (SSSR count). The lowest BCUT2D eigenvalue weighted by molar-refractivity contribution is 0.197. The van der Waals surface area contributed by atoms with E-state index in [9.17, 15) is 0 Å². The van der Waals surface area contributed by atoms with E-state index in [2.05, 4.69) is 30.6 Å². The van der Waals surface area contributed by atoms with Crippen molar-refractivity contribution in [1.82, 2.24) is 4.90 Å². The van der Waals surface area contributed by atoms with Gasteiger partial charge < -0.3 is 4.90 Å². The molecule has 1 aliphatic heterocycles. The van der Waals surface area contributed by atoms with Gasteiger partial charge in [0.1, 0.15) is 0 Å². The van der Waals surface area contributed by atoms with E-state index in [1.54, 1.807) is 0 Å². The Morgan fingerprint density at radius 3 is 2.21 bits per heavy atom. The van der Waals surface area contributed by atoms with Crippen molar-refractivity contribution in [2.24, 2.45) is 11.8 Å². The molecule has 0 aromatic heterocycles. The maximum absolute atomic E-state index is 3.42. The monoisotopic (exact) mass is 191 g/mol. The molecule has 1 nitrogen and oxygen atoms in total. The van der Waals surface area contributed by atoms with Gasteiger partial charge in [0, 0.05) is 17.9 Å². The summed E-state index contributed by atoms with van der Waals surface area (Å²) in [6.45, 7) is 6.93. The van der Waals surface area contributed by atoms with E-state index in [-0.39, 0.29) is 0 Å². The van der Waals surface area contributed by atoms with Crippen molar-refractivity contribution in [2.75, 3.05) is 13.1 Å². The lowest BCUT2D eigenvalue weighted by Crippen LogP contribution is -2.34. The Morgan fingerprint density at radius 1 is 1.07 bits per heavy atom. The molecule has 0 spiro atoms. The first-order valence-corrected chi connectivity index (χ1v) is 6.01. The highest BCUT2D eigenvalue weighted by atomic mass is 15.2. The molecule has 1 heterocycles. The van der Waals surface area contributed by atoms with Crippen molar-refractivity contribution in [2.45, 2.75) is 45.6 Å². The summed E-state index contributed by atoms with van der Waals surface area (Å²) in [7, 11) is 0. The van der Waals surface area contributed by atoms with Crippen LogP contribution < -0.4 is 0 Å². The van der Waals surface area contributed by atoms with Gasteiger partial charge in [0.05, 0.1) is 0 Å². The van der Waals surface area contributed by atoms with Gasteiger partial charge in [-0.1, -0.05) is 19.8 Å². The zero-order valence-corrected chi connectivity index (χ0v) is 9.42. The molecule has 1 saturated carbocycles. The van der Waals surface area contributed by atoms with Crippen LogP contribution in [0.2, 0.25) is 0 Å². The molecular weight excluding hydrogens is 170 g/mol. The summed E-state index contributed by atoms with van der Waals surface area (Å²) in [6.07, 6.45) is 5.50. The fourth-order valence-electron chi connectivity index (χ4n) is 2.13. The second kappa shape index (κ2) is 4.36. The molecule has 0 amide bonds. The van der Waals surface area contributed by atoms with E-state index < -0.39 is 0 Å². The first-order chi connectivity index (χ1) is 6.75. The highest BCUT2D eigenvalue weighted by molar-refractivity contribution is 5.07. The van der Waals surface area contributed by atoms with Crippen LogP contribution in [-0.4, -0.2) is 24.0 Å². The van der Waals surface area contributed by atoms with Crippen LogP contribution in [0.25, 0.3) is 0 Å². The van der Waals surface area contributed by atoms with E-state index in [4.69, 9.17) is 0 Å². The third kappa shape index (κ3) is 2.75. The van der Waals surface area contributed by atoms with Crippen LogP contribution in [0.15, 0.2) is 0 Å². The van der Waals surface area contributed by atoms with E-state index in [0.29, 0.717) is 11.8 Å². The number of hydrogen-bond donors (Lipinski definition) is 0. The van der Waals surface area contributed by atoms with Gasteiger partial charge in [-0.25, -0.2) is 0 Å². The molecule has 1 saturated heterocycles. The summed E-state index contributed by atoms with van der Waals surface area (Å²) in [5, 5.41) is 0. The lowest BCUT2D eigenvalue weighted by Gasteiger charge is -2.29. The van der Waals surface area contributed by atoms with Gasteiger partial charge >= 0.3 is 0 Å². The SMILES string of the molecule is CC(C)C#CC1CCN(C2CC2)CC1. The Labute approximate surface area is 87.9 Å². The van der Waals surface area contributed by atoms with E-state index in [0.717, 1.165) is 6.04 Å². The average molecular weight is 191 g/mol. The zero-order valence-electron chi connectivity index (χ0n) is 9.42. The first-order valence-electron chi connectivity index (χ1n) is 6.01. The van der Waals surface area contributed by atoms with Crippen LogP contribution in [0.5, 0.6) is 0 Å². The summed E-state index contributed by atoms with van der Waals surface area (Å²) in [6, 6.07) is 0.953. The second-order valence-corrected chi connectivity index (χ2v) is 4.98. The van der Waals surface area contributed by atoms with Gasteiger partial charge in [-0.15, -0.1) is 5.92 Å². The van der Waals surface area contributed by atoms with E-state index >= 15 is 0 Å². The van der Waals surface area contributed by atoms with Gasteiger partial charge in [-0.2, -0.15) is 0 Å². The van der Waals surface area contributed by atoms with Crippen molar-refractivity contribution in [3.8, 4) is 11.8 Å². The van der Waals surface area contributed by atoms with Crippen LogP contribution in [0.4, 0.5) is 0 Å². The number of hydrogen-bond acceptors (Lipinski definition) is 1. The normalized spacial score (nSPS) is 24.8. The quantitative estimate of drug-likeness (QED) is 0.576. The molecule has 0 radical (unpaired) electrons. The highest BCUT2D eigenvalue weighted by Crippen LogP contribution is 2.30. The molecule has 78 valence electrons. The maximum Gasteiger partial charge on any atom is 0.0227 e. The molecule has 0 aromatic carbocycles. The number of nitrogens with zero attached hydrogens (tertiary/aromatic N) is 1. The van der Waals surface area contributed by atoms with Crippen molar-refractivity contribution in [3.05, 3.63) is 0 Å². The Bertz CT molecular complexity index is 234. The minimum atomic E-state index is 0.538. The van der Waals surface area contributed by atoms with Crippen LogP contribution in [0.1, 0.15) is 39.5 Å². The average Bonchev–Trinajstić information content (AvgIpc) is 2.99. The molecule has 0 bridgehead atoms. The molecule has 0 unspecified atom stereocenters. The third-order valence-corrected chi connectivity index (χ3v) is 3.17. The fourth-order valence-corrected chi connectivity index (χ4v) is 2.13. The second-order valence-electron chi connectivity index (χ2n) is 4.98. The van der Waals surface area contributed by atoms with Gasteiger partial charge in [0.2, 0.25) is 0 Å². The number of likely N-dealkylation sites (tertiary alicyclic amines) is 1. The van der Waals surface area contributed by atoms with Gasteiger partial charge in [0.25, 0.3) is 0 Å². The molecule has 0 atom stereocenters. The highest BCUT2D eigenvalue weighted by Gasteiger charge is 2.31. The predicted octanol–water partition coefficient (Wildman–Crippen LogP) is 2.52. The van der Waals surface area contributed by atoms with E-state index in [1.165, 1.54) is 38.8 Å². The first kappa shape index (κ1) is 10.1. The Kier molecular flexibility index (Phi) is 3.13. The van der Waals surface area contributed by atoms with Crippen molar-refractivity contribution in [3.63, 3.8) is 0 Å². The molecule has 2 aliphatic rings.